The molecule has 1 amide bonds. The lowest BCUT2D eigenvalue weighted by molar-refractivity contribution is 0.0944. The Morgan fingerprint density at radius 1 is 1.33 bits per heavy atom. The van der Waals surface area contributed by atoms with E-state index in [1.165, 1.54) is 25.9 Å². The molecule has 4 nitrogen and oxygen atoms in total. The van der Waals surface area contributed by atoms with E-state index in [1.807, 2.05) is 24.3 Å². The third-order valence-corrected chi connectivity index (χ3v) is 4.06. The van der Waals surface area contributed by atoms with Crippen molar-refractivity contribution in [2.45, 2.75) is 26.2 Å². The Balaban J connectivity index is 1.83. The van der Waals surface area contributed by atoms with Gasteiger partial charge >= 0.3 is 0 Å². The smallest absolute Gasteiger partial charge is 0.251 e. The summed E-state index contributed by atoms with van der Waals surface area (Å²) in [6.45, 7) is 6.98. The second kappa shape index (κ2) is 8.15. The van der Waals surface area contributed by atoms with E-state index in [1.54, 1.807) is 0 Å². The van der Waals surface area contributed by atoms with Gasteiger partial charge in [-0.2, -0.15) is 0 Å². The summed E-state index contributed by atoms with van der Waals surface area (Å²) in [6.07, 6.45) is 3.37. The van der Waals surface area contributed by atoms with E-state index in [4.69, 9.17) is 5.73 Å². The molecule has 2 rings (SSSR count). The average Bonchev–Trinajstić information content (AvgIpc) is 2.98. The molecule has 1 aliphatic rings. The van der Waals surface area contributed by atoms with Crippen molar-refractivity contribution in [2.24, 2.45) is 11.7 Å². The maximum Gasteiger partial charge on any atom is 0.251 e. The molecule has 1 atom stereocenters. The van der Waals surface area contributed by atoms with Crippen molar-refractivity contribution in [3.05, 3.63) is 35.4 Å². The van der Waals surface area contributed by atoms with Crippen molar-refractivity contribution in [3.63, 3.8) is 0 Å². The summed E-state index contributed by atoms with van der Waals surface area (Å²) in [7, 11) is 0. The zero-order chi connectivity index (χ0) is 15.1. The number of nitrogens with two attached hydrogens (primary N) is 1. The lowest BCUT2D eigenvalue weighted by Crippen LogP contribution is -2.34. The average molecular weight is 289 g/mol. The topological polar surface area (TPSA) is 58.4 Å². The molecule has 0 aromatic heterocycles. The largest absolute Gasteiger partial charge is 0.352 e. The predicted octanol–water partition coefficient (Wildman–Crippen LogP) is 1.65. The quantitative estimate of drug-likeness (QED) is 0.802. The van der Waals surface area contributed by atoms with Crippen molar-refractivity contribution in [1.82, 2.24) is 10.2 Å². The van der Waals surface area contributed by atoms with E-state index >= 15 is 0 Å². The number of benzene rings is 1. The van der Waals surface area contributed by atoms with Crippen LogP contribution in [0.4, 0.5) is 0 Å². The number of hydrogen-bond acceptors (Lipinski definition) is 3. The molecule has 4 heteroatoms. The number of nitrogens with one attached hydrogen (secondary N) is 1. The third-order valence-electron chi connectivity index (χ3n) is 4.06. The van der Waals surface area contributed by atoms with Crippen molar-refractivity contribution in [3.8, 4) is 0 Å². The van der Waals surface area contributed by atoms with E-state index in [0.717, 1.165) is 30.6 Å². The molecule has 0 saturated carbocycles. The highest BCUT2D eigenvalue weighted by Crippen LogP contribution is 2.11. The molecule has 1 aromatic rings. The molecule has 0 spiro atoms. The summed E-state index contributed by atoms with van der Waals surface area (Å²) in [5.74, 6) is 0.501. The van der Waals surface area contributed by atoms with Gasteiger partial charge in [0.05, 0.1) is 0 Å². The van der Waals surface area contributed by atoms with Gasteiger partial charge in [0, 0.05) is 18.7 Å². The third kappa shape index (κ3) is 4.83. The predicted molar refractivity (Wildman–Crippen MR) is 86.4 cm³/mol. The number of rotatable bonds is 7. The fourth-order valence-electron chi connectivity index (χ4n) is 2.95. The number of likely N-dealkylation sites (tertiary alicyclic amines) is 1. The molecule has 1 unspecified atom stereocenters. The van der Waals surface area contributed by atoms with Crippen LogP contribution in [0.15, 0.2) is 24.3 Å². The number of hydrogen-bond donors (Lipinski definition) is 2. The van der Waals surface area contributed by atoms with Gasteiger partial charge < -0.3 is 16.0 Å². The SMILES string of the molecule is CC(CNC(=O)c1ccccc1CCN)CN1CCCC1. The van der Waals surface area contributed by atoms with Crippen molar-refractivity contribution in [1.29, 1.82) is 0 Å². The summed E-state index contributed by atoms with van der Waals surface area (Å²) in [5.41, 5.74) is 7.40. The molecule has 1 aromatic carbocycles. The minimum absolute atomic E-state index is 0.0207. The van der Waals surface area contributed by atoms with Crippen LogP contribution in [0.5, 0.6) is 0 Å². The highest BCUT2D eigenvalue weighted by atomic mass is 16.1. The Kier molecular flexibility index (Phi) is 6.21. The first-order valence-corrected chi connectivity index (χ1v) is 7.99. The standard InChI is InChI=1S/C17H27N3O/c1-14(13-20-10-4-5-11-20)12-19-17(21)16-7-3-2-6-15(16)8-9-18/h2-3,6-7,14H,4-5,8-13,18H2,1H3,(H,19,21). The van der Waals surface area contributed by atoms with E-state index in [9.17, 15) is 4.79 Å². The van der Waals surface area contributed by atoms with Crippen LogP contribution >= 0.6 is 0 Å². The summed E-state index contributed by atoms with van der Waals surface area (Å²) in [5, 5.41) is 3.07. The fraction of sp³-hybridized carbons (Fsp3) is 0.588. The number of carbonyl (C=O) groups is 1. The van der Waals surface area contributed by atoms with Crippen molar-refractivity contribution in [2.75, 3.05) is 32.7 Å². The van der Waals surface area contributed by atoms with Gasteiger partial charge in [0.15, 0.2) is 0 Å². The maximum atomic E-state index is 12.3. The molecule has 3 N–H and O–H groups in total. The van der Waals surface area contributed by atoms with Crippen molar-refractivity contribution >= 4 is 5.91 Å². The van der Waals surface area contributed by atoms with Crippen LogP contribution in [-0.2, 0) is 6.42 Å². The second-order valence-electron chi connectivity index (χ2n) is 6.02. The molecule has 1 aliphatic heterocycles. The summed E-state index contributed by atoms with van der Waals surface area (Å²) < 4.78 is 0. The highest BCUT2D eigenvalue weighted by Gasteiger charge is 2.16. The first-order chi connectivity index (χ1) is 10.2. The van der Waals surface area contributed by atoms with Gasteiger partial charge in [-0.3, -0.25) is 4.79 Å². The normalized spacial score (nSPS) is 16.9. The van der Waals surface area contributed by atoms with Gasteiger partial charge in [-0.25, -0.2) is 0 Å². The van der Waals surface area contributed by atoms with Crippen LogP contribution in [-0.4, -0.2) is 43.5 Å². The number of amides is 1. The zero-order valence-electron chi connectivity index (χ0n) is 13.0. The van der Waals surface area contributed by atoms with E-state index in [2.05, 4.69) is 17.1 Å². The molecular formula is C17H27N3O. The van der Waals surface area contributed by atoms with Crippen LogP contribution in [0.2, 0.25) is 0 Å². The minimum Gasteiger partial charge on any atom is -0.352 e. The summed E-state index contributed by atoms with van der Waals surface area (Å²) in [6, 6.07) is 7.72. The van der Waals surface area contributed by atoms with E-state index in [-0.39, 0.29) is 5.91 Å². The maximum absolute atomic E-state index is 12.3. The fourth-order valence-corrected chi connectivity index (χ4v) is 2.95. The number of nitrogens with zero attached hydrogens (tertiary/aromatic N) is 1. The molecule has 1 fully saturated rings. The molecule has 0 radical (unpaired) electrons. The molecule has 1 saturated heterocycles. The highest BCUT2D eigenvalue weighted by molar-refractivity contribution is 5.95. The monoisotopic (exact) mass is 289 g/mol. The van der Waals surface area contributed by atoms with Gasteiger partial charge in [-0.15, -0.1) is 0 Å². The minimum atomic E-state index is 0.0207. The molecular weight excluding hydrogens is 262 g/mol. The molecule has 0 aliphatic carbocycles. The van der Waals surface area contributed by atoms with Crippen LogP contribution in [0.1, 0.15) is 35.7 Å². The van der Waals surface area contributed by atoms with E-state index < -0.39 is 0 Å². The molecule has 1 heterocycles. The lowest BCUT2D eigenvalue weighted by atomic mass is 10.0. The van der Waals surface area contributed by atoms with Crippen molar-refractivity contribution < 1.29 is 4.79 Å². The Bertz CT molecular complexity index is 455. The van der Waals surface area contributed by atoms with Crippen LogP contribution in [0.25, 0.3) is 0 Å². The molecule has 21 heavy (non-hydrogen) atoms. The first kappa shape index (κ1) is 16.0. The van der Waals surface area contributed by atoms with Crippen LogP contribution in [0.3, 0.4) is 0 Å². The first-order valence-electron chi connectivity index (χ1n) is 7.99. The number of carbonyl (C=O) groups excluding carboxylic acids is 1. The van der Waals surface area contributed by atoms with E-state index in [0.29, 0.717) is 12.5 Å². The van der Waals surface area contributed by atoms with Crippen LogP contribution < -0.4 is 11.1 Å². The lowest BCUT2D eigenvalue weighted by Gasteiger charge is -2.20. The second-order valence-corrected chi connectivity index (χ2v) is 6.02. The van der Waals surface area contributed by atoms with Gasteiger partial charge in [0.25, 0.3) is 5.91 Å². The Morgan fingerprint density at radius 2 is 2.05 bits per heavy atom. The Labute approximate surface area is 127 Å². The Morgan fingerprint density at radius 3 is 2.76 bits per heavy atom. The van der Waals surface area contributed by atoms with Gasteiger partial charge in [-0.1, -0.05) is 25.1 Å². The Hall–Kier alpha value is -1.39. The molecule has 0 bridgehead atoms. The van der Waals surface area contributed by atoms with Crippen LogP contribution in [0, 0.1) is 5.92 Å². The van der Waals surface area contributed by atoms with Gasteiger partial charge in [0.1, 0.15) is 0 Å². The van der Waals surface area contributed by atoms with Gasteiger partial charge in [-0.05, 0) is 56.4 Å². The summed E-state index contributed by atoms with van der Waals surface area (Å²) >= 11 is 0. The molecule has 116 valence electrons. The zero-order valence-corrected chi connectivity index (χ0v) is 13.0. The van der Waals surface area contributed by atoms with Gasteiger partial charge in [0.2, 0.25) is 0 Å². The summed E-state index contributed by atoms with van der Waals surface area (Å²) in [4.78, 5) is 14.8.